The van der Waals surface area contributed by atoms with Crippen molar-refractivity contribution in [2.45, 2.75) is 63.6 Å². The zero-order valence-corrected chi connectivity index (χ0v) is 16.5. The van der Waals surface area contributed by atoms with Gasteiger partial charge in [-0.05, 0) is 57.9 Å². The lowest BCUT2D eigenvalue weighted by Crippen LogP contribution is -2.45. The summed E-state index contributed by atoms with van der Waals surface area (Å²) < 4.78 is 38.8. The number of nitrogens with one attached hydrogen (secondary N) is 2. The SMILES string of the molecule is CC(C)(CC1CCC(NCC(O)c2cncc(F)c2)CC1)NS(C)(=O)=O. The van der Waals surface area contributed by atoms with Crippen LogP contribution in [-0.2, 0) is 10.0 Å². The molecule has 26 heavy (non-hydrogen) atoms. The smallest absolute Gasteiger partial charge is 0.209 e. The van der Waals surface area contributed by atoms with E-state index in [2.05, 4.69) is 15.0 Å². The average Bonchev–Trinajstić information content (AvgIpc) is 2.51. The van der Waals surface area contributed by atoms with Gasteiger partial charge in [0, 0.05) is 29.9 Å². The Morgan fingerprint density at radius 2 is 1.96 bits per heavy atom. The molecule has 0 spiro atoms. The number of aromatic nitrogens is 1. The Labute approximate surface area is 155 Å². The predicted molar refractivity (Wildman–Crippen MR) is 99.6 cm³/mol. The normalized spacial score (nSPS) is 23.0. The quantitative estimate of drug-likeness (QED) is 0.636. The average molecular weight is 388 g/mol. The number of halogens is 1. The summed E-state index contributed by atoms with van der Waals surface area (Å²) in [7, 11) is -3.21. The first kappa shape index (κ1) is 21.2. The first-order valence-electron chi connectivity index (χ1n) is 9.05. The molecule has 0 bridgehead atoms. The van der Waals surface area contributed by atoms with Gasteiger partial charge in [0.25, 0.3) is 0 Å². The zero-order chi connectivity index (χ0) is 19.4. The molecule has 0 aliphatic heterocycles. The van der Waals surface area contributed by atoms with Gasteiger partial charge in [-0.15, -0.1) is 0 Å². The highest BCUT2D eigenvalue weighted by Gasteiger charge is 2.29. The Morgan fingerprint density at radius 3 is 2.54 bits per heavy atom. The number of aliphatic hydroxyl groups excluding tert-OH is 1. The van der Waals surface area contributed by atoms with E-state index in [0.717, 1.165) is 38.3 Å². The fraction of sp³-hybridized carbons (Fsp3) is 0.722. The lowest BCUT2D eigenvalue weighted by Gasteiger charge is -2.35. The topological polar surface area (TPSA) is 91.3 Å². The summed E-state index contributed by atoms with van der Waals surface area (Å²) in [5.41, 5.74) is 0.0267. The maximum atomic E-state index is 13.2. The number of nitrogens with zero attached hydrogens (tertiary/aromatic N) is 1. The second-order valence-electron chi connectivity index (χ2n) is 8.04. The Morgan fingerprint density at radius 1 is 1.31 bits per heavy atom. The van der Waals surface area contributed by atoms with E-state index in [4.69, 9.17) is 0 Å². The summed E-state index contributed by atoms with van der Waals surface area (Å²) in [6.07, 6.45) is 7.80. The molecule has 0 saturated heterocycles. The molecule has 1 aliphatic carbocycles. The van der Waals surface area contributed by atoms with Crippen LogP contribution in [-0.4, -0.2) is 42.9 Å². The molecule has 8 heteroatoms. The summed E-state index contributed by atoms with van der Waals surface area (Å²) in [4.78, 5) is 3.76. The van der Waals surface area contributed by atoms with E-state index < -0.39 is 27.5 Å². The summed E-state index contributed by atoms with van der Waals surface area (Å²) in [6.45, 7) is 4.20. The van der Waals surface area contributed by atoms with Gasteiger partial charge in [0.2, 0.25) is 10.0 Å². The van der Waals surface area contributed by atoms with E-state index in [-0.39, 0.29) is 0 Å². The lowest BCUT2D eigenvalue weighted by molar-refractivity contribution is 0.159. The lowest BCUT2D eigenvalue weighted by atomic mass is 9.79. The first-order valence-corrected chi connectivity index (χ1v) is 10.9. The molecule has 2 rings (SSSR count). The Bertz CT molecular complexity index is 689. The van der Waals surface area contributed by atoms with E-state index in [9.17, 15) is 17.9 Å². The van der Waals surface area contributed by atoms with Crippen molar-refractivity contribution in [2.75, 3.05) is 12.8 Å². The van der Waals surface area contributed by atoms with Crippen LogP contribution < -0.4 is 10.0 Å². The zero-order valence-electron chi connectivity index (χ0n) is 15.7. The van der Waals surface area contributed by atoms with Crippen LogP contribution in [0.4, 0.5) is 4.39 Å². The van der Waals surface area contributed by atoms with Crippen molar-refractivity contribution < 1.29 is 17.9 Å². The largest absolute Gasteiger partial charge is 0.387 e. The van der Waals surface area contributed by atoms with Crippen molar-refractivity contribution >= 4 is 10.0 Å². The van der Waals surface area contributed by atoms with Crippen molar-refractivity contribution in [1.29, 1.82) is 0 Å². The number of sulfonamides is 1. The van der Waals surface area contributed by atoms with E-state index in [0.29, 0.717) is 24.1 Å². The molecule has 6 nitrogen and oxygen atoms in total. The van der Waals surface area contributed by atoms with Gasteiger partial charge in [-0.1, -0.05) is 0 Å². The molecule has 1 fully saturated rings. The maximum Gasteiger partial charge on any atom is 0.209 e. The Kier molecular flexibility index (Phi) is 7.12. The molecule has 3 N–H and O–H groups in total. The molecule has 0 aromatic carbocycles. The number of rotatable bonds is 8. The minimum absolute atomic E-state index is 0.313. The Hall–Kier alpha value is -1.09. The minimum atomic E-state index is -3.21. The third-order valence-electron chi connectivity index (χ3n) is 4.82. The fourth-order valence-corrected chi connectivity index (χ4v) is 4.93. The van der Waals surface area contributed by atoms with E-state index in [1.807, 2.05) is 13.8 Å². The van der Waals surface area contributed by atoms with Crippen LogP contribution in [0.5, 0.6) is 0 Å². The minimum Gasteiger partial charge on any atom is -0.387 e. The number of hydrogen-bond acceptors (Lipinski definition) is 5. The standard InChI is InChI=1S/C18H30FN3O3S/c1-18(2,22-26(3,24)25)9-13-4-6-16(7-5-13)21-12-17(23)14-8-15(19)11-20-10-14/h8,10-11,13,16-17,21-23H,4-7,9,12H2,1-3H3. The van der Waals surface area contributed by atoms with Gasteiger partial charge in [-0.3, -0.25) is 4.98 Å². The van der Waals surface area contributed by atoms with Crippen LogP contribution >= 0.6 is 0 Å². The molecule has 1 aromatic heterocycles. The van der Waals surface area contributed by atoms with Crippen molar-refractivity contribution in [1.82, 2.24) is 15.0 Å². The highest BCUT2D eigenvalue weighted by atomic mass is 32.2. The van der Waals surface area contributed by atoms with Gasteiger partial charge >= 0.3 is 0 Å². The van der Waals surface area contributed by atoms with Crippen LogP contribution in [0.3, 0.4) is 0 Å². The summed E-state index contributed by atoms with van der Waals surface area (Å²) in [6, 6.07) is 1.61. The van der Waals surface area contributed by atoms with Crippen LogP contribution in [0.25, 0.3) is 0 Å². The molecule has 1 unspecified atom stereocenters. The maximum absolute atomic E-state index is 13.2. The van der Waals surface area contributed by atoms with Crippen LogP contribution in [0, 0.1) is 11.7 Å². The molecule has 1 heterocycles. The molecular formula is C18H30FN3O3S. The molecule has 1 atom stereocenters. The molecule has 1 saturated carbocycles. The second-order valence-corrected chi connectivity index (χ2v) is 9.79. The van der Waals surface area contributed by atoms with E-state index in [1.165, 1.54) is 18.5 Å². The van der Waals surface area contributed by atoms with Gasteiger partial charge in [0.15, 0.2) is 0 Å². The fourth-order valence-electron chi connectivity index (χ4n) is 3.84. The van der Waals surface area contributed by atoms with Gasteiger partial charge < -0.3 is 10.4 Å². The number of aliphatic hydroxyl groups is 1. The number of hydrogen-bond donors (Lipinski definition) is 3. The van der Waals surface area contributed by atoms with E-state index >= 15 is 0 Å². The third-order valence-corrected chi connectivity index (χ3v) is 5.74. The van der Waals surface area contributed by atoms with Crippen molar-refractivity contribution in [3.63, 3.8) is 0 Å². The third kappa shape index (κ3) is 7.26. The molecule has 0 amide bonds. The highest BCUT2D eigenvalue weighted by Crippen LogP contribution is 2.31. The predicted octanol–water partition coefficient (Wildman–Crippen LogP) is 2.12. The molecular weight excluding hydrogens is 357 g/mol. The Balaban J connectivity index is 1.74. The first-order chi connectivity index (χ1) is 12.0. The number of pyridine rings is 1. The van der Waals surface area contributed by atoms with Crippen molar-refractivity contribution in [3.05, 3.63) is 29.8 Å². The van der Waals surface area contributed by atoms with Crippen molar-refractivity contribution in [2.24, 2.45) is 5.92 Å². The molecule has 0 radical (unpaired) electrons. The summed E-state index contributed by atoms with van der Waals surface area (Å²) in [5.74, 6) is 0.0296. The molecule has 1 aromatic rings. The molecule has 1 aliphatic rings. The van der Waals surface area contributed by atoms with Crippen LogP contribution in [0.15, 0.2) is 18.5 Å². The van der Waals surface area contributed by atoms with Crippen molar-refractivity contribution in [3.8, 4) is 0 Å². The van der Waals surface area contributed by atoms with E-state index in [1.54, 1.807) is 0 Å². The van der Waals surface area contributed by atoms with Crippen LogP contribution in [0.1, 0.15) is 57.6 Å². The van der Waals surface area contributed by atoms with Gasteiger partial charge in [0.1, 0.15) is 5.82 Å². The van der Waals surface area contributed by atoms with Gasteiger partial charge in [-0.2, -0.15) is 0 Å². The monoisotopic (exact) mass is 387 g/mol. The van der Waals surface area contributed by atoms with Gasteiger partial charge in [0.05, 0.1) is 18.6 Å². The molecule has 148 valence electrons. The van der Waals surface area contributed by atoms with Crippen LogP contribution in [0.2, 0.25) is 0 Å². The van der Waals surface area contributed by atoms with Gasteiger partial charge in [-0.25, -0.2) is 17.5 Å². The highest BCUT2D eigenvalue weighted by molar-refractivity contribution is 7.88. The summed E-state index contributed by atoms with van der Waals surface area (Å²) in [5, 5.41) is 13.5. The summed E-state index contributed by atoms with van der Waals surface area (Å²) >= 11 is 0. The second kappa shape index (κ2) is 8.73.